The summed E-state index contributed by atoms with van der Waals surface area (Å²) in [6, 6.07) is 5.73. The van der Waals surface area contributed by atoms with Gasteiger partial charge in [-0.25, -0.2) is 4.39 Å². The van der Waals surface area contributed by atoms with Crippen molar-refractivity contribution in [3.05, 3.63) is 53.1 Å². The van der Waals surface area contributed by atoms with Crippen molar-refractivity contribution >= 4 is 28.1 Å². The average Bonchev–Trinajstić information content (AvgIpc) is 2.34. The third-order valence-corrected chi connectivity index (χ3v) is 4.02. The van der Waals surface area contributed by atoms with Crippen LogP contribution in [-0.2, 0) is 16.6 Å². The first-order valence-corrected chi connectivity index (χ1v) is 6.79. The van der Waals surface area contributed by atoms with E-state index >= 15 is 0 Å². The van der Waals surface area contributed by atoms with Crippen molar-refractivity contribution in [2.24, 2.45) is 0 Å². The highest BCUT2D eigenvalue weighted by atomic mass is 35.5. The molecule has 0 aliphatic rings. The van der Waals surface area contributed by atoms with Crippen LogP contribution in [0, 0.1) is 5.82 Å². The predicted molar refractivity (Wildman–Crippen MR) is 70.2 cm³/mol. The molecule has 0 aliphatic heterocycles. The Morgan fingerprint density at radius 3 is 2.89 bits per heavy atom. The van der Waals surface area contributed by atoms with E-state index in [-0.39, 0.29) is 5.75 Å². The van der Waals surface area contributed by atoms with E-state index in [1.807, 2.05) is 0 Å². The number of nitrogens with zero attached hydrogens (tertiary/aromatic N) is 1. The summed E-state index contributed by atoms with van der Waals surface area (Å²) in [5.41, 5.74) is 6.30. The Labute approximate surface area is 111 Å². The van der Waals surface area contributed by atoms with Crippen LogP contribution >= 0.6 is 11.6 Å². The van der Waals surface area contributed by atoms with E-state index in [0.717, 1.165) is 0 Å². The van der Waals surface area contributed by atoms with Gasteiger partial charge in [0.15, 0.2) is 0 Å². The van der Waals surface area contributed by atoms with Crippen molar-refractivity contribution in [2.75, 3.05) is 5.73 Å². The van der Waals surface area contributed by atoms with Gasteiger partial charge in [-0.3, -0.25) is 9.19 Å². The van der Waals surface area contributed by atoms with Crippen molar-refractivity contribution in [3.8, 4) is 0 Å². The summed E-state index contributed by atoms with van der Waals surface area (Å²) < 4.78 is 25.6. The van der Waals surface area contributed by atoms with Gasteiger partial charge in [0.25, 0.3) is 0 Å². The molecule has 0 saturated heterocycles. The highest BCUT2D eigenvalue weighted by molar-refractivity contribution is 7.84. The number of nitrogen functional groups attached to an aromatic ring is 1. The standard InChI is InChI=1S/C12H10ClFN2OS/c13-9-1-2-10(14)8(5-9)7-18(17)12-3-4-16-6-11(12)15/h1-6H,7,15H2. The molecule has 0 amide bonds. The first-order valence-electron chi connectivity index (χ1n) is 5.09. The Hall–Kier alpha value is -1.46. The van der Waals surface area contributed by atoms with Crippen molar-refractivity contribution in [1.29, 1.82) is 0 Å². The minimum absolute atomic E-state index is 0.0284. The summed E-state index contributed by atoms with van der Waals surface area (Å²) in [6.45, 7) is 0. The van der Waals surface area contributed by atoms with Crippen molar-refractivity contribution in [1.82, 2.24) is 4.98 Å². The van der Waals surface area contributed by atoms with Crippen LogP contribution in [0.15, 0.2) is 41.6 Å². The minimum Gasteiger partial charge on any atom is -0.396 e. The predicted octanol–water partition coefficient (Wildman–Crippen LogP) is 2.76. The summed E-state index contributed by atoms with van der Waals surface area (Å²) in [5.74, 6) is -0.402. The number of pyridine rings is 1. The average molecular weight is 285 g/mol. The second kappa shape index (κ2) is 5.46. The molecular formula is C12H10ClFN2OS. The van der Waals surface area contributed by atoms with Gasteiger partial charge in [-0.2, -0.15) is 0 Å². The lowest BCUT2D eigenvalue weighted by Gasteiger charge is -2.06. The van der Waals surface area contributed by atoms with E-state index in [2.05, 4.69) is 4.98 Å². The van der Waals surface area contributed by atoms with Crippen LogP contribution < -0.4 is 5.73 Å². The van der Waals surface area contributed by atoms with Crippen LogP contribution in [0.5, 0.6) is 0 Å². The van der Waals surface area contributed by atoms with Crippen LogP contribution in [-0.4, -0.2) is 9.19 Å². The molecule has 0 fully saturated rings. The molecule has 2 aromatic rings. The van der Waals surface area contributed by atoms with Crippen molar-refractivity contribution < 1.29 is 8.60 Å². The molecule has 1 unspecified atom stereocenters. The zero-order valence-electron chi connectivity index (χ0n) is 9.27. The minimum atomic E-state index is -1.43. The largest absolute Gasteiger partial charge is 0.396 e. The zero-order chi connectivity index (χ0) is 13.1. The Morgan fingerprint density at radius 2 is 2.17 bits per heavy atom. The van der Waals surface area contributed by atoms with Crippen molar-refractivity contribution in [2.45, 2.75) is 10.6 Å². The maximum absolute atomic E-state index is 13.5. The third-order valence-electron chi connectivity index (χ3n) is 2.35. The van der Waals surface area contributed by atoms with E-state index in [1.165, 1.54) is 30.6 Å². The van der Waals surface area contributed by atoms with Crippen LogP contribution in [0.4, 0.5) is 10.1 Å². The third kappa shape index (κ3) is 2.86. The molecule has 3 nitrogen and oxygen atoms in total. The van der Waals surface area contributed by atoms with E-state index in [9.17, 15) is 8.60 Å². The van der Waals surface area contributed by atoms with Crippen molar-refractivity contribution in [3.63, 3.8) is 0 Å². The molecule has 1 aromatic carbocycles. The van der Waals surface area contributed by atoms with E-state index in [4.69, 9.17) is 17.3 Å². The Balaban J connectivity index is 2.27. The second-order valence-corrected chi connectivity index (χ2v) is 5.50. The molecule has 0 saturated carbocycles. The normalized spacial score (nSPS) is 12.3. The number of aromatic nitrogens is 1. The van der Waals surface area contributed by atoms with Gasteiger partial charge in [0.2, 0.25) is 0 Å². The fourth-order valence-corrected chi connectivity index (χ4v) is 2.86. The molecule has 0 aliphatic carbocycles. The molecule has 1 atom stereocenters. The lowest BCUT2D eigenvalue weighted by atomic mass is 10.2. The summed E-state index contributed by atoms with van der Waals surface area (Å²) in [7, 11) is -1.43. The van der Waals surface area contributed by atoms with Crippen LogP contribution in [0.25, 0.3) is 0 Å². The Bertz CT molecular complexity index is 606. The van der Waals surface area contributed by atoms with Gasteiger partial charge < -0.3 is 5.73 Å². The summed E-state index contributed by atoms with van der Waals surface area (Å²) in [4.78, 5) is 4.26. The van der Waals surface area contributed by atoms with Crippen LogP contribution in [0.3, 0.4) is 0 Å². The fourth-order valence-electron chi connectivity index (χ4n) is 1.47. The molecular weight excluding hydrogens is 275 g/mol. The monoisotopic (exact) mass is 284 g/mol. The van der Waals surface area contributed by atoms with Gasteiger partial charge in [-0.15, -0.1) is 0 Å². The van der Waals surface area contributed by atoms with Gasteiger partial charge >= 0.3 is 0 Å². The molecule has 1 heterocycles. The molecule has 0 spiro atoms. The highest BCUT2D eigenvalue weighted by Crippen LogP contribution is 2.21. The van der Waals surface area contributed by atoms with E-state index in [1.54, 1.807) is 6.07 Å². The first kappa shape index (κ1) is 13.0. The fraction of sp³-hybridized carbons (Fsp3) is 0.0833. The smallest absolute Gasteiger partial charge is 0.127 e. The molecule has 2 N–H and O–H groups in total. The van der Waals surface area contributed by atoms with Crippen LogP contribution in [0.2, 0.25) is 5.02 Å². The molecule has 1 aromatic heterocycles. The van der Waals surface area contributed by atoms with Gasteiger partial charge in [0.1, 0.15) is 5.82 Å². The number of nitrogens with two attached hydrogens (primary N) is 1. The zero-order valence-corrected chi connectivity index (χ0v) is 10.8. The number of hydrogen-bond acceptors (Lipinski definition) is 3. The molecule has 6 heteroatoms. The maximum atomic E-state index is 13.5. The number of rotatable bonds is 3. The quantitative estimate of drug-likeness (QED) is 0.943. The SMILES string of the molecule is Nc1cnccc1S(=O)Cc1cc(Cl)ccc1F. The molecule has 18 heavy (non-hydrogen) atoms. The maximum Gasteiger partial charge on any atom is 0.127 e. The lowest BCUT2D eigenvalue weighted by Crippen LogP contribution is -2.02. The molecule has 94 valence electrons. The van der Waals surface area contributed by atoms with E-state index < -0.39 is 16.6 Å². The molecule has 0 radical (unpaired) electrons. The number of anilines is 1. The molecule has 0 bridgehead atoms. The summed E-state index contributed by atoms with van der Waals surface area (Å²) in [5, 5.41) is 0.408. The van der Waals surface area contributed by atoms with E-state index in [0.29, 0.717) is 21.2 Å². The lowest BCUT2D eigenvalue weighted by molar-refractivity contribution is 0.615. The van der Waals surface area contributed by atoms with Gasteiger partial charge in [-0.05, 0) is 24.3 Å². The van der Waals surface area contributed by atoms with Gasteiger partial charge in [0.05, 0.1) is 33.3 Å². The number of benzene rings is 1. The Kier molecular flexibility index (Phi) is 3.93. The molecule has 2 rings (SSSR count). The van der Waals surface area contributed by atoms with Crippen LogP contribution in [0.1, 0.15) is 5.56 Å². The topological polar surface area (TPSA) is 56.0 Å². The summed E-state index contributed by atoms with van der Waals surface area (Å²) in [6.07, 6.45) is 2.92. The summed E-state index contributed by atoms with van der Waals surface area (Å²) >= 11 is 5.78. The van der Waals surface area contributed by atoms with Gasteiger partial charge in [-0.1, -0.05) is 11.6 Å². The second-order valence-electron chi connectivity index (χ2n) is 3.64. The number of hydrogen-bond donors (Lipinski definition) is 1. The highest BCUT2D eigenvalue weighted by Gasteiger charge is 2.12. The first-order chi connectivity index (χ1) is 8.58. The Morgan fingerprint density at radius 1 is 1.39 bits per heavy atom. The van der Waals surface area contributed by atoms with Gasteiger partial charge in [0, 0.05) is 16.8 Å². The number of halogens is 2.